The summed E-state index contributed by atoms with van der Waals surface area (Å²) in [7, 11) is 0. The highest BCUT2D eigenvalue weighted by molar-refractivity contribution is 5.96. The zero-order valence-electron chi connectivity index (χ0n) is 25.6. The average Bonchev–Trinajstić information content (AvgIpc) is 2.90. The van der Waals surface area contributed by atoms with Gasteiger partial charge >= 0.3 is 5.97 Å². The van der Waals surface area contributed by atoms with Crippen LogP contribution in [0.4, 0.5) is 0 Å². The van der Waals surface area contributed by atoms with Crippen molar-refractivity contribution in [1.29, 1.82) is 0 Å². The van der Waals surface area contributed by atoms with Gasteiger partial charge in [-0.05, 0) is 57.9 Å². The van der Waals surface area contributed by atoms with E-state index in [9.17, 15) is 39.0 Å². The number of nitrogens with one attached hydrogen (secondary N) is 4. The average molecular weight is 631 g/mol. The van der Waals surface area contributed by atoms with Crippen molar-refractivity contribution in [2.45, 2.75) is 102 Å². The van der Waals surface area contributed by atoms with Gasteiger partial charge in [-0.25, -0.2) is 4.79 Å². The van der Waals surface area contributed by atoms with Gasteiger partial charge in [0.15, 0.2) is 5.96 Å². The van der Waals surface area contributed by atoms with Gasteiger partial charge in [0.2, 0.25) is 29.5 Å². The van der Waals surface area contributed by atoms with Crippen LogP contribution in [0.3, 0.4) is 0 Å². The number of aliphatic carboxylic acids is 1. The summed E-state index contributed by atoms with van der Waals surface area (Å²) in [6.45, 7) is 5.41. The van der Waals surface area contributed by atoms with Gasteiger partial charge in [-0.1, -0.05) is 13.8 Å². The Morgan fingerprint density at radius 1 is 0.750 bits per heavy atom. The standard InChI is InChI=1S/C26H50N10O8/c1-13(2)11-15(28)21(39)33-16(7-4-5-9-27)23(41)36-20(14(3)37)24(42)34-17(8-6-10-32-26(30)31)22(40)35-18(25(43)44)12-19(29)38/h13-18,20,37H,4-12,27-28H2,1-3H3,(H2,29,38)(H,33,39)(H,34,42)(H,35,40)(H,36,41)(H,43,44)(H4,30,31,32)/t14-,15+,16+,17+,18+,20+/m1/s1. The Bertz CT molecular complexity index is 1000. The molecule has 6 atom stereocenters. The largest absolute Gasteiger partial charge is 0.480 e. The lowest BCUT2D eigenvalue weighted by molar-refractivity contribution is -0.144. The van der Waals surface area contributed by atoms with Gasteiger partial charge in [-0.2, -0.15) is 0 Å². The summed E-state index contributed by atoms with van der Waals surface area (Å²) in [6, 6.07) is -6.64. The molecule has 5 amide bonds. The molecule has 0 spiro atoms. The number of unbranched alkanes of at least 4 members (excludes halogenated alkanes) is 1. The smallest absolute Gasteiger partial charge is 0.326 e. The zero-order valence-corrected chi connectivity index (χ0v) is 25.6. The number of aliphatic hydroxyl groups is 1. The number of aliphatic imine (C=N–C) groups is 1. The summed E-state index contributed by atoms with van der Waals surface area (Å²) >= 11 is 0. The van der Waals surface area contributed by atoms with E-state index in [1.807, 2.05) is 13.8 Å². The van der Waals surface area contributed by atoms with E-state index in [-0.39, 0.29) is 37.7 Å². The number of aliphatic hydroxyl groups excluding tert-OH is 1. The first-order chi connectivity index (χ1) is 20.5. The number of guanidine groups is 1. The van der Waals surface area contributed by atoms with Crippen molar-refractivity contribution < 1.29 is 39.0 Å². The summed E-state index contributed by atoms with van der Waals surface area (Å²) in [5.74, 6) is -5.92. The predicted molar refractivity (Wildman–Crippen MR) is 161 cm³/mol. The Morgan fingerprint density at radius 3 is 1.75 bits per heavy atom. The van der Waals surface area contributed by atoms with E-state index >= 15 is 0 Å². The molecule has 0 heterocycles. The Hall–Kier alpha value is -4.03. The van der Waals surface area contributed by atoms with Crippen LogP contribution in [0.15, 0.2) is 4.99 Å². The number of carboxylic acid groups (broad SMARTS) is 1. The molecule has 18 nitrogen and oxygen atoms in total. The zero-order chi connectivity index (χ0) is 34.0. The molecule has 18 heteroatoms. The minimum Gasteiger partial charge on any atom is -0.480 e. The molecule has 0 aromatic rings. The van der Waals surface area contributed by atoms with E-state index in [0.29, 0.717) is 25.8 Å². The van der Waals surface area contributed by atoms with Gasteiger partial charge in [-0.3, -0.25) is 29.0 Å². The summed E-state index contributed by atoms with van der Waals surface area (Å²) in [5.41, 5.74) is 27.2. The van der Waals surface area contributed by atoms with Crippen LogP contribution in [0.5, 0.6) is 0 Å². The molecule has 44 heavy (non-hydrogen) atoms. The van der Waals surface area contributed by atoms with Crippen LogP contribution in [-0.4, -0.2) is 101 Å². The maximum atomic E-state index is 13.3. The molecule has 0 aliphatic rings. The van der Waals surface area contributed by atoms with E-state index in [4.69, 9.17) is 28.7 Å². The van der Waals surface area contributed by atoms with Crippen molar-refractivity contribution in [1.82, 2.24) is 21.3 Å². The second kappa shape index (κ2) is 20.8. The van der Waals surface area contributed by atoms with Crippen LogP contribution in [0.1, 0.15) is 65.7 Å². The molecule has 0 aromatic carbocycles. The Kier molecular flexibility index (Phi) is 18.9. The lowest BCUT2D eigenvalue weighted by Gasteiger charge is -2.27. The second-order valence-electron chi connectivity index (χ2n) is 10.9. The highest BCUT2D eigenvalue weighted by Crippen LogP contribution is 2.08. The molecular formula is C26H50N10O8. The molecule has 0 saturated carbocycles. The van der Waals surface area contributed by atoms with Gasteiger partial charge in [-0.15, -0.1) is 0 Å². The third-order valence-electron chi connectivity index (χ3n) is 6.30. The maximum Gasteiger partial charge on any atom is 0.326 e. The first-order valence-corrected chi connectivity index (χ1v) is 14.4. The summed E-state index contributed by atoms with van der Waals surface area (Å²) in [6.07, 6.45) is -0.546. The minimum absolute atomic E-state index is 0.0608. The van der Waals surface area contributed by atoms with Crippen molar-refractivity contribution >= 4 is 41.5 Å². The highest BCUT2D eigenvalue weighted by Gasteiger charge is 2.34. The summed E-state index contributed by atoms with van der Waals surface area (Å²) in [4.78, 5) is 78.7. The number of carbonyl (C=O) groups is 6. The number of nitrogens with zero attached hydrogens (tertiary/aromatic N) is 1. The molecule has 0 saturated heterocycles. The number of nitrogens with two attached hydrogens (primary N) is 5. The molecule has 252 valence electrons. The van der Waals surface area contributed by atoms with Gasteiger partial charge in [0.25, 0.3) is 0 Å². The number of amides is 5. The molecule has 0 aliphatic carbocycles. The lowest BCUT2D eigenvalue weighted by atomic mass is 10.0. The molecule has 0 aliphatic heterocycles. The molecule has 0 radical (unpaired) electrons. The molecule has 0 rings (SSSR count). The Labute approximate surface area is 256 Å². The monoisotopic (exact) mass is 630 g/mol. The van der Waals surface area contributed by atoms with E-state index in [2.05, 4.69) is 26.3 Å². The topological polar surface area (TPSA) is 333 Å². The van der Waals surface area contributed by atoms with Gasteiger partial charge in [0.1, 0.15) is 24.2 Å². The fraction of sp³-hybridized carbons (Fsp3) is 0.731. The summed E-state index contributed by atoms with van der Waals surface area (Å²) < 4.78 is 0. The van der Waals surface area contributed by atoms with Crippen molar-refractivity contribution in [3.05, 3.63) is 0 Å². The fourth-order valence-corrected chi connectivity index (χ4v) is 4.02. The number of carboxylic acids is 1. The highest BCUT2D eigenvalue weighted by atomic mass is 16.4. The molecule has 0 unspecified atom stereocenters. The first-order valence-electron chi connectivity index (χ1n) is 14.4. The van der Waals surface area contributed by atoms with Crippen molar-refractivity contribution in [3.8, 4) is 0 Å². The predicted octanol–water partition coefficient (Wildman–Crippen LogP) is -4.18. The number of hydrogen-bond acceptors (Lipinski definition) is 10. The fourth-order valence-electron chi connectivity index (χ4n) is 4.02. The number of hydrogen-bond donors (Lipinski definition) is 11. The van der Waals surface area contributed by atoms with Crippen LogP contribution >= 0.6 is 0 Å². The van der Waals surface area contributed by atoms with E-state index in [0.717, 1.165) is 0 Å². The van der Waals surface area contributed by atoms with Crippen molar-refractivity contribution in [3.63, 3.8) is 0 Å². The van der Waals surface area contributed by atoms with Crippen molar-refractivity contribution in [2.75, 3.05) is 13.1 Å². The third-order valence-corrected chi connectivity index (χ3v) is 6.30. The maximum absolute atomic E-state index is 13.3. The normalized spacial score (nSPS) is 15.1. The SMILES string of the molecule is CC(C)C[C@H](N)C(=O)N[C@@H](CCCCN)C(=O)N[C@H](C(=O)N[C@@H](CCCN=C(N)N)C(=O)N[C@@H](CC(N)=O)C(=O)O)[C@@H](C)O. The first kappa shape index (κ1) is 40.0. The van der Waals surface area contributed by atoms with Crippen LogP contribution in [-0.2, 0) is 28.8 Å². The number of primary amides is 1. The van der Waals surface area contributed by atoms with E-state index in [1.54, 1.807) is 0 Å². The van der Waals surface area contributed by atoms with Gasteiger partial charge in [0, 0.05) is 6.54 Å². The van der Waals surface area contributed by atoms with Crippen molar-refractivity contribution in [2.24, 2.45) is 39.6 Å². The van der Waals surface area contributed by atoms with Crippen LogP contribution < -0.4 is 49.9 Å². The van der Waals surface area contributed by atoms with Crippen LogP contribution in [0.25, 0.3) is 0 Å². The minimum atomic E-state index is -1.68. The quantitative estimate of drug-likeness (QED) is 0.0308. The van der Waals surface area contributed by atoms with Gasteiger partial charge in [0.05, 0.1) is 18.6 Å². The Balaban J connectivity index is 5.92. The molecular weight excluding hydrogens is 580 g/mol. The second-order valence-corrected chi connectivity index (χ2v) is 10.9. The lowest BCUT2D eigenvalue weighted by Crippen LogP contribution is -2.61. The molecule has 0 fully saturated rings. The number of rotatable bonds is 22. The molecule has 0 aromatic heterocycles. The number of carbonyl (C=O) groups excluding carboxylic acids is 5. The van der Waals surface area contributed by atoms with E-state index < -0.39 is 78.2 Å². The van der Waals surface area contributed by atoms with Crippen LogP contribution in [0, 0.1) is 5.92 Å². The molecule has 16 N–H and O–H groups in total. The Morgan fingerprint density at radius 2 is 1.27 bits per heavy atom. The molecule has 0 bridgehead atoms. The van der Waals surface area contributed by atoms with Gasteiger partial charge < -0.3 is 60.1 Å². The van der Waals surface area contributed by atoms with E-state index in [1.165, 1.54) is 6.92 Å². The summed E-state index contributed by atoms with van der Waals surface area (Å²) in [5, 5.41) is 29.3. The third kappa shape index (κ3) is 16.6. The van der Waals surface area contributed by atoms with Crippen LogP contribution in [0.2, 0.25) is 0 Å².